The molecule has 0 bridgehead atoms. The summed E-state index contributed by atoms with van der Waals surface area (Å²) in [7, 11) is 2.19. The number of hydrogen-bond acceptors (Lipinski definition) is 3. The monoisotopic (exact) mass is 281 g/mol. The van der Waals surface area contributed by atoms with Crippen LogP contribution in [0.5, 0.6) is 0 Å². The van der Waals surface area contributed by atoms with Crippen LogP contribution >= 0.6 is 0 Å². The highest BCUT2D eigenvalue weighted by molar-refractivity contribution is 5.84. The van der Waals surface area contributed by atoms with Crippen LogP contribution in [0.2, 0.25) is 0 Å². The zero-order chi connectivity index (χ0) is 14.5. The summed E-state index contributed by atoms with van der Waals surface area (Å²) in [6, 6.07) is 0.0752. The Balaban J connectivity index is 1.89. The van der Waals surface area contributed by atoms with Gasteiger partial charge in [0.25, 0.3) is 0 Å². The molecular weight excluding hydrogens is 250 g/mol. The second-order valence-electron chi connectivity index (χ2n) is 6.52. The van der Waals surface area contributed by atoms with Crippen LogP contribution in [-0.2, 0) is 4.79 Å². The quantitative estimate of drug-likeness (QED) is 0.809. The maximum Gasteiger partial charge on any atom is 0.241 e. The van der Waals surface area contributed by atoms with Gasteiger partial charge in [-0.2, -0.15) is 0 Å². The highest BCUT2D eigenvalue weighted by atomic mass is 16.2. The Bertz CT molecular complexity index is 313. The molecule has 2 atom stereocenters. The van der Waals surface area contributed by atoms with Crippen molar-refractivity contribution in [3.05, 3.63) is 0 Å². The SMILES string of the molecule is CCCCC1NC(CC)N(CC2CCN(C)CC2)C1=O. The minimum absolute atomic E-state index is 0.0752. The van der Waals surface area contributed by atoms with E-state index < -0.39 is 0 Å². The van der Waals surface area contributed by atoms with E-state index in [-0.39, 0.29) is 12.2 Å². The first-order valence-corrected chi connectivity index (χ1v) is 8.40. The molecular formula is C16H31N3O. The molecule has 2 fully saturated rings. The Kier molecular flexibility index (Phi) is 5.85. The van der Waals surface area contributed by atoms with Crippen LogP contribution in [0.25, 0.3) is 0 Å². The summed E-state index contributed by atoms with van der Waals surface area (Å²) >= 11 is 0. The molecule has 0 spiro atoms. The largest absolute Gasteiger partial charge is 0.326 e. The average Bonchev–Trinajstić information content (AvgIpc) is 2.75. The summed E-state index contributed by atoms with van der Waals surface area (Å²) in [6.45, 7) is 7.68. The number of nitrogens with zero attached hydrogens (tertiary/aromatic N) is 2. The van der Waals surface area contributed by atoms with Gasteiger partial charge in [-0.1, -0.05) is 26.7 Å². The first kappa shape index (κ1) is 15.8. The fourth-order valence-corrected chi connectivity index (χ4v) is 3.44. The molecule has 4 nitrogen and oxygen atoms in total. The van der Waals surface area contributed by atoms with E-state index in [1.54, 1.807) is 0 Å². The normalized spacial score (nSPS) is 29.4. The number of piperidine rings is 1. The van der Waals surface area contributed by atoms with Crippen LogP contribution in [0.3, 0.4) is 0 Å². The van der Waals surface area contributed by atoms with Crippen molar-refractivity contribution in [3.8, 4) is 0 Å². The maximum absolute atomic E-state index is 12.6. The highest BCUT2D eigenvalue weighted by Gasteiger charge is 2.38. The predicted octanol–water partition coefficient (Wildman–Crippen LogP) is 2.05. The third-order valence-corrected chi connectivity index (χ3v) is 4.88. The molecule has 1 N–H and O–H groups in total. The van der Waals surface area contributed by atoms with Gasteiger partial charge in [-0.15, -0.1) is 0 Å². The molecule has 0 radical (unpaired) electrons. The third kappa shape index (κ3) is 3.73. The van der Waals surface area contributed by atoms with Gasteiger partial charge in [-0.05, 0) is 51.7 Å². The van der Waals surface area contributed by atoms with Crippen LogP contribution in [0, 0.1) is 5.92 Å². The van der Waals surface area contributed by atoms with E-state index in [9.17, 15) is 4.79 Å². The molecule has 0 aromatic rings. The van der Waals surface area contributed by atoms with E-state index in [0.29, 0.717) is 11.8 Å². The minimum atomic E-state index is 0.0752. The molecule has 20 heavy (non-hydrogen) atoms. The van der Waals surface area contributed by atoms with Crippen molar-refractivity contribution in [2.45, 2.75) is 64.6 Å². The van der Waals surface area contributed by atoms with Crippen LogP contribution < -0.4 is 5.32 Å². The highest BCUT2D eigenvalue weighted by Crippen LogP contribution is 2.23. The molecule has 116 valence electrons. The summed E-state index contributed by atoms with van der Waals surface area (Å²) in [5.41, 5.74) is 0. The molecule has 2 aliphatic rings. The molecule has 1 amide bonds. The van der Waals surface area contributed by atoms with Gasteiger partial charge in [0.05, 0.1) is 12.2 Å². The number of rotatable bonds is 6. The Morgan fingerprint density at radius 2 is 1.95 bits per heavy atom. The van der Waals surface area contributed by atoms with E-state index in [1.807, 2.05) is 0 Å². The number of carbonyl (C=O) groups is 1. The summed E-state index contributed by atoms with van der Waals surface area (Å²) in [6.07, 6.45) is 7.05. The van der Waals surface area contributed by atoms with Gasteiger partial charge in [0.1, 0.15) is 0 Å². The van der Waals surface area contributed by atoms with Crippen molar-refractivity contribution in [2.24, 2.45) is 5.92 Å². The van der Waals surface area contributed by atoms with Crippen molar-refractivity contribution in [2.75, 3.05) is 26.7 Å². The van der Waals surface area contributed by atoms with Crippen molar-refractivity contribution in [1.29, 1.82) is 0 Å². The van der Waals surface area contributed by atoms with E-state index in [0.717, 1.165) is 32.2 Å². The Morgan fingerprint density at radius 1 is 1.25 bits per heavy atom. The van der Waals surface area contributed by atoms with Gasteiger partial charge >= 0.3 is 0 Å². The molecule has 2 heterocycles. The lowest BCUT2D eigenvalue weighted by Crippen LogP contribution is -2.42. The van der Waals surface area contributed by atoms with E-state index in [4.69, 9.17) is 0 Å². The molecule has 0 aromatic carbocycles. The number of carbonyl (C=O) groups excluding carboxylic acids is 1. The van der Waals surface area contributed by atoms with Crippen LogP contribution in [0.15, 0.2) is 0 Å². The van der Waals surface area contributed by atoms with Crippen LogP contribution in [0.4, 0.5) is 0 Å². The van der Waals surface area contributed by atoms with Crippen molar-refractivity contribution in [3.63, 3.8) is 0 Å². The predicted molar refractivity (Wildman–Crippen MR) is 82.5 cm³/mol. The van der Waals surface area contributed by atoms with Gasteiger partial charge < -0.3 is 9.80 Å². The van der Waals surface area contributed by atoms with Crippen molar-refractivity contribution in [1.82, 2.24) is 15.1 Å². The summed E-state index contributed by atoms with van der Waals surface area (Å²) in [5, 5.41) is 3.54. The smallest absolute Gasteiger partial charge is 0.241 e. The first-order chi connectivity index (χ1) is 9.65. The van der Waals surface area contributed by atoms with Gasteiger partial charge in [-0.25, -0.2) is 0 Å². The number of hydrogen-bond donors (Lipinski definition) is 1. The van der Waals surface area contributed by atoms with Gasteiger partial charge in [-0.3, -0.25) is 10.1 Å². The molecule has 2 saturated heterocycles. The second kappa shape index (κ2) is 7.41. The molecule has 0 aromatic heterocycles. The third-order valence-electron chi connectivity index (χ3n) is 4.88. The summed E-state index contributed by atoms with van der Waals surface area (Å²) in [4.78, 5) is 17.1. The van der Waals surface area contributed by atoms with Crippen molar-refractivity contribution < 1.29 is 4.79 Å². The number of likely N-dealkylation sites (tertiary alicyclic amines) is 1. The molecule has 0 saturated carbocycles. The number of nitrogens with one attached hydrogen (secondary N) is 1. The van der Waals surface area contributed by atoms with E-state index in [1.165, 1.54) is 25.9 Å². The Morgan fingerprint density at radius 3 is 2.55 bits per heavy atom. The zero-order valence-corrected chi connectivity index (χ0v) is 13.4. The fourth-order valence-electron chi connectivity index (χ4n) is 3.44. The van der Waals surface area contributed by atoms with E-state index in [2.05, 4.69) is 36.0 Å². The Labute approximate surface area is 123 Å². The fraction of sp³-hybridized carbons (Fsp3) is 0.938. The molecule has 2 aliphatic heterocycles. The second-order valence-corrected chi connectivity index (χ2v) is 6.52. The molecule has 2 rings (SSSR count). The lowest BCUT2D eigenvalue weighted by molar-refractivity contribution is -0.131. The zero-order valence-electron chi connectivity index (χ0n) is 13.4. The minimum Gasteiger partial charge on any atom is -0.326 e. The van der Waals surface area contributed by atoms with Crippen LogP contribution in [-0.4, -0.2) is 54.6 Å². The summed E-state index contributed by atoms with van der Waals surface area (Å²) < 4.78 is 0. The topological polar surface area (TPSA) is 35.6 Å². The molecule has 2 unspecified atom stereocenters. The summed E-state index contributed by atoms with van der Waals surface area (Å²) in [5.74, 6) is 1.04. The van der Waals surface area contributed by atoms with Crippen LogP contribution in [0.1, 0.15) is 52.4 Å². The lowest BCUT2D eigenvalue weighted by Gasteiger charge is -2.33. The van der Waals surface area contributed by atoms with Gasteiger partial charge in [0.15, 0.2) is 0 Å². The van der Waals surface area contributed by atoms with Gasteiger partial charge in [0, 0.05) is 6.54 Å². The molecule has 0 aliphatic carbocycles. The maximum atomic E-state index is 12.6. The number of unbranched alkanes of at least 4 members (excludes halogenated alkanes) is 1. The van der Waals surface area contributed by atoms with Crippen molar-refractivity contribution >= 4 is 5.91 Å². The molecule has 4 heteroatoms. The average molecular weight is 281 g/mol. The van der Waals surface area contributed by atoms with Gasteiger partial charge in [0.2, 0.25) is 5.91 Å². The lowest BCUT2D eigenvalue weighted by atomic mass is 9.96. The first-order valence-electron chi connectivity index (χ1n) is 8.40. The number of amides is 1. The van der Waals surface area contributed by atoms with E-state index >= 15 is 0 Å². The standard InChI is InChI=1S/C16H31N3O/c1-4-6-7-14-16(20)19(15(5-2)17-14)12-13-8-10-18(3)11-9-13/h13-15,17H,4-12H2,1-3H3. The Hall–Kier alpha value is -0.610.